The van der Waals surface area contributed by atoms with Crippen LogP contribution in [0.3, 0.4) is 0 Å². The lowest BCUT2D eigenvalue weighted by molar-refractivity contribution is 0.291. The molecule has 2 atom stereocenters. The minimum Gasteiger partial charge on any atom is -0.494 e. The second-order valence-electron chi connectivity index (χ2n) is 7.35. The first-order valence-corrected chi connectivity index (χ1v) is 10.2. The van der Waals surface area contributed by atoms with Gasteiger partial charge in [0.25, 0.3) is 0 Å². The number of hydrogen-bond donors (Lipinski definition) is 0. The van der Waals surface area contributed by atoms with Gasteiger partial charge in [-0.1, -0.05) is 69.4 Å². The Balaban J connectivity index is 1.74. The van der Waals surface area contributed by atoms with Crippen molar-refractivity contribution >= 4 is 0 Å². The summed E-state index contributed by atoms with van der Waals surface area (Å²) in [5.41, 5.74) is 1.75. The first kappa shape index (κ1) is 19.1. The molecule has 0 amide bonds. The summed E-state index contributed by atoms with van der Waals surface area (Å²) in [4.78, 5) is 0. The molecule has 1 heteroatoms. The summed E-state index contributed by atoms with van der Waals surface area (Å²) >= 11 is 0. The van der Waals surface area contributed by atoms with Gasteiger partial charge >= 0.3 is 0 Å². The van der Waals surface area contributed by atoms with E-state index in [1.807, 2.05) is 30.3 Å². The van der Waals surface area contributed by atoms with Gasteiger partial charge in [-0.25, -0.2) is 0 Å². The van der Waals surface area contributed by atoms with E-state index < -0.39 is 0 Å². The molecule has 1 aromatic carbocycles. The van der Waals surface area contributed by atoms with Gasteiger partial charge in [0.1, 0.15) is 5.75 Å². The third-order valence-corrected chi connectivity index (χ3v) is 5.39. The van der Waals surface area contributed by atoms with Crippen LogP contribution in [-0.4, -0.2) is 6.61 Å². The predicted octanol–water partition coefficient (Wildman–Crippen LogP) is 7.18. The molecule has 0 aliphatic heterocycles. The highest BCUT2D eigenvalue weighted by Gasteiger charge is 2.19. The number of unbranched alkanes of at least 4 members (excludes halogenated alkanes) is 1. The second kappa shape index (κ2) is 11.3. The summed E-state index contributed by atoms with van der Waals surface area (Å²) in [7, 11) is 0. The van der Waals surface area contributed by atoms with Gasteiger partial charge in [0, 0.05) is 0 Å². The Hall–Kier alpha value is -1.24. The molecule has 0 fully saturated rings. The zero-order chi connectivity index (χ0) is 17.0. The molecule has 0 radical (unpaired) electrons. The largest absolute Gasteiger partial charge is 0.494 e. The van der Waals surface area contributed by atoms with Gasteiger partial charge in [-0.05, 0) is 62.5 Å². The van der Waals surface area contributed by atoms with Gasteiger partial charge in [0.15, 0.2) is 0 Å². The summed E-state index contributed by atoms with van der Waals surface area (Å²) in [6, 6.07) is 10.2. The molecule has 0 aromatic heterocycles. The molecular weight excluding hydrogens is 292 g/mol. The van der Waals surface area contributed by atoms with Gasteiger partial charge in [0.2, 0.25) is 0 Å². The summed E-state index contributed by atoms with van der Waals surface area (Å²) in [6.07, 6.45) is 16.0. The molecule has 24 heavy (non-hydrogen) atoms. The van der Waals surface area contributed by atoms with E-state index in [1.165, 1.54) is 57.8 Å². The molecule has 0 saturated carbocycles. The number of rotatable bonds is 11. The van der Waals surface area contributed by atoms with Crippen molar-refractivity contribution in [3.8, 4) is 5.75 Å². The van der Waals surface area contributed by atoms with E-state index in [0.717, 1.165) is 30.6 Å². The molecular formula is C23H36O. The van der Waals surface area contributed by atoms with Gasteiger partial charge < -0.3 is 4.74 Å². The van der Waals surface area contributed by atoms with E-state index >= 15 is 0 Å². The maximum atomic E-state index is 5.86. The van der Waals surface area contributed by atoms with Crippen molar-refractivity contribution in [1.29, 1.82) is 0 Å². The van der Waals surface area contributed by atoms with Crippen LogP contribution < -0.4 is 4.74 Å². The first-order valence-electron chi connectivity index (χ1n) is 10.2. The third-order valence-electron chi connectivity index (χ3n) is 5.39. The second-order valence-corrected chi connectivity index (χ2v) is 7.35. The fraction of sp³-hybridized carbons (Fsp3) is 0.652. The van der Waals surface area contributed by atoms with Gasteiger partial charge in [-0.15, -0.1) is 0 Å². The zero-order valence-corrected chi connectivity index (χ0v) is 15.8. The van der Waals surface area contributed by atoms with E-state index in [2.05, 4.69) is 19.9 Å². The van der Waals surface area contributed by atoms with Crippen LogP contribution in [0.25, 0.3) is 0 Å². The minimum absolute atomic E-state index is 0.793. The van der Waals surface area contributed by atoms with Crippen molar-refractivity contribution in [1.82, 2.24) is 0 Å². The van der Waals surface area contributed by atoms with Crippen molar-refractivity contribution in [2.24, 2.45) is 11.8 Å². The van der Waals surface area contributed by atoms with Crippen LogP contribution in [0.5, 0.6) is 5.75 Å². The SMILES string of the molecule is CCCCC1CC=C(C(CCC)CCCOc2ccccc2)CC1. The Morgan fingerprint density at radius 1 is 1.04 bits per heavy atom. The van der Waals surface area contributed by atoms with Crippen LogP contribution >= 0.6 is 0 Å². The van der Waals surface area contributed by atoms with Gasteiger partial charge in [0.05, 0.1) is 6.61 Å². The molecule has 0 saturated heterocycles. The average Bonchev–Trinajstić information content (AvgIpc) is 2.64. The lowest BCUT2D eigenvalue weighted by Gasteiger charge is -2.27. The highest BCUT2D eigenvalue weighted by atomic mass is 16.5. The lowest BCUT2D eigenvalue weighted by Crippen LogP contribution is -2.13. The maximum absolute atomic E-state index is 5.86. The van der Waals surface area contributed by atoms with Gasteiger partial charge in [-0.2, -0.15) is 0 Å². The monoisotopic (exact) mass is 328 g/mol. The molecule has 2 unspecified atom stereocenters. The summed E-state index contributed by atoms with van der Waals surface area (Å²) in [6.45, 7) is 5.47. The van der Waals surface area contributed by atoms with E-state index in [1.54, 1.807) is 5.57 Å². The van der Waals surface area contributed by atoms with Crippen molar-refractivity contribution in [3.05, 3.63) is 42.0 Å². The molecule has 1 aromatic rings. The molecule has 0 N–H and O–H groups in total. The first-order chi connectivity index (χ1) is 11.8. The molecule has 134 valence electrons. The van der Waals surface area contributed by atoms with Crippen LogP contribution in [-0.2, 0) is 0 Å². The third kappa shape index (κ3) is 6.71. The van der Waals surface area contributed by atoms with Crippen LogP contribution in [0, 0.1) is 11.8 Å². The van der Waals surface area contributed by atoms with E-state index in [0.29, 0.717) is 0 Å². The molecule has 1 aliphatic carbocycles. The predicted molar refractivity (Wildman–Crippen MR) is 105 cm³/mol. The van der Waals surface area contributed by atoms with Gasteiger partial charge in [-0.3, -0.25) is 0 Å². The Kier molecular flexibility index (Phi) is 9.02. The normalized spacial score (nSPS) is 18.9. The lowest BCUT2D eigenvalue weighted by atomic mass is 9.79. The number of allylic oxidation sites excluding steroid dienone is 2. The fourth-order valence-electron chi connectivity index (χ4n) is 3.93. The minimum atomic E-state index is 0.793. The van der Waals surface area contributed by atoms with Crippen LogP contribution in [0.15, 0.2) is 42.0 Å². The smallest absolute Gasteiger partial charge is 0.119 e. The maximum Gasteiger partial charge on any atom is 0.119 e. The Morgan fingerprint density at radius 2 is 1.88 bits per heavy atom. The van der Waals surface area contributed by atoms with Crippen LogP contribution in [0.1, 0.15) is 78.1 Å². The summed E-state index contributed by atoms with van der Waals surface area (Å²) < 4.78 is 5.86. The molecule has 0 heterocycles. The number of hydrogen-bond acceptors (Lipinski definition) is 1. The molecule has 1 aliphatic rings. The average molecular weight is 329 g/mol. The standard InChI is InChI=1S/C23H36O/c1-3-5-11-20-15-17-22(18-16-20)21(10-4-2)12-9-19-24-23-13-7-6-8-14-23/h6-8,13-14,17,20-21H,3-5,9-12,15-16,18-19H2,1-2H3. The highest BCUT2D eigenvalue weighted by Crippen LogP contribution is 2.34. The Morgan fingerprint density at radius 3 is 2.54 bits per heavy atom. The number of para-hydroxylation sites is 1. The molecule has 1 nitrogen and oxygen atoms in total. The van der Waals surface area contributed by atoms with E-state index in [9.17, 15) is 0 Å². The Labute approximate surface area is 149 Å². The topological polar surface area (TPSA) is 9.23 Å². The van der Waals surface area contributed by atoms with Crippen LogP contribution in [0.2, 0.25) is 0 Å². The van der Waals surface area contributed by atoms with Crippen molar-refractivity contribution in [3.63, 3.8) is 0 Å². The molecule has 0 bridgehead atoms. The van der Waals surface area contributed by atoms with E-state index in [4.69, 9.17) is 4.74 Å². The number of ether oxygens (including phenoxy) is 1. The molecule has 0 spiro atoms. The molecule has 2 rings (SSSR count). The van der Waals surface area contributed by atoms with Crippen molar-refractivity contribution in [2.45, 2.75) is 78.1 Å². The van der Waals surface area contributed by atoms with E-state index in [-0.39, 0.29) is 0 Å². The summed E-state index contributed by atoms with van der Waals surface area (Å²) in [5.74, 6) is 2.75. The fourth-order valence-corrected chi connectivity index (χ4v) is 3.93. The van der Waals surface area contributed by atoms with Crippen LogP contribution in [0.4, 0.5) is 0 Å². The van der Waals surface area contributed by atoms with Crippen molar-refractivity contribution in [2.75, 3.05) is 6.61 Å². The zero-order valence-electron chi connectivity index (χ0n) is 15.8. The Bertz CT molecular complexity index is 462. The number of benzene rings is 1. The van der Waals surface area contributed by atoms with Crippen molar-refractivity contribution < 1.29 is 4.74 Å². The summed E-state index contributed by atoms with van der Waals surface area (Å²) in [5, 5.41) is 0. The highest BCUT2D eigenvalue weighted by molar-refractivity contribution is 5.20. The quantitative estimate of drug-likeness (QED) is 0.309.